The minimum Gasteiger partial charge on any atom is -0.464 e. The van der Waals surface area contributed by atoms with Gasteiger partial charge in [0.1, 0.15) is 11.3 Å². The van der Waals surface area contributed by atoms with E-state index in [-0.39, 0.29) is 5.97 Å². The Morgan fingerprint density at radius 1 is 1.39 bits per heavy atom. The largest absolute Gasteiger partial charge is 0.464 e. The number of esters is 1. The number of carbonyl (C=O) groups excluding carboxylic acids is 1. The fraction of sp³-hybridized carbons (Fsp3) is 0.385. The number of pyridine rings is 1. The monoisotopic (exact) mass is 248 g/mol. The Labute approximate surface area is 105 Å². The number of fused-ring (bicyclic) bond motifs is 1. The van der Waals surface area contributed by atoms with Gasteiger partial charge in [-0.1, -0.05) is 6.07 Å². The average Bonchev–Trinajstić information content (AvgIpc) is 2.80. The van der Waals surface area contributed by atoms with Crippen LogP contribution in [0.5, 0.6) is 0 Å². The molecule has 0 aliphatic carbocycles. The van der Waals surface area contributed by atoms with Crippen molar-refractivity contribution in [1.29, 1.82) is 0 Å². The van der Waals surface area contributed by atoms with Crippen molar-refractivity contribution < 1.29 is 14.3 Å². The van der Waals surface area contributed by atoms with E-state index in [2.05, 4.69) is 4.98 Å². The van der Waals surface area contributed by atoms with Crippen molar-refractivity contribution in [3.05, 3.63) is 35.8 Å². The number of carbonyl (C=O) groups is 1. The van der Waals surface area contributed by atoms with Gasteiger partial charge in [0.25, 0.3) is 0 Å². The van der Waals surface area contributed by atoms with E-state index in [9.17, 15) is 4.79 Å². The van der Waals surface area contributed by atoms with Crippen LogP contribution in [-0.4, -0.2) is 36.2 Å². The molecule has 2 aromatic rings. The maximum atomic E-state index is 11.6. The number of imidazole rings is 1. The highest BCUT2D eigenvalue weighted by Crippen LogP contribution is 2.11. The van der Waals surface area contributed by atoms with Crippen molar-refractivity contribution in [2.45, 2.75) is 12.8 Å². The second-order valence-corrected chi connectivity index (χ2v) is 3.96. The van der Waals surface area contributed by atoms with Gasteiger partial charge in [-0.3, -0.25) is 4.40 Å². The third-order valence-corrected chi connectivity index (χ3v) is 2.72. The summed E-state index contributed by atoms with van der Waals surface area (Å²) < 4.78 is 11.5. The first-order chi connectivity index (χ1) is 8.76. The summed E-state index contributed by atoms with van der Waals surface area (Å²) in [7, 11) is 3.05. The average molecular weight is 248 g/mol. The second kappa shape index (κ2) is 5.64. The third kappa shape index (κ3) is 2.51. The molecular weight excluding hydrogens is 232 g/mol. The molecule has 0 aliphatic rings. The summed E-state index contributed by atoms with van der Waals surface area (Å²) >= 11 is 0. The molecule has 0 aromatic carbocycles. The van der Waals surface area contributed by atoms with E-state index < -0.39 is 0 Å². The third-order valence-electron chi connectivity index (χ3n) is 2.72. The van der Waals surface area contributed by atoms with E-state index in [1.54, 1.807) is 23.6 Å². The van der Waals surface area contributed by atoms with Crippen LogP contribution in [0.25, 0.3) is 5.65 Å². The predicted molar refractivity (Wildman–Crippen MR) is 66.7 cm³/mol. The van der Waals surface area contributed by atoms with Crippen LogP contribution >= 0.6 is 0 Å². The molecule has 0 radical (unpaired) electrons. The van der Waals surface area contributed by atoms with E-state index in [0.29, 0.717) is 12.3 Å². The van der Waals surface area contributed by atoms with Crippen molar-refractivity contribution in [3.63, 3.8) is 0 Å². The maximum Gasteiger partial charge on any atom is 0.355 e. The van der Waals surface area contributed by atoms with Crippen LogP contribution in [0, 0.1) is 0 Å². The summed E-state index contributed by atoms with van der Waals surface area (Å²) in [6.07, 6.45) is 3.61. The van der Waals surface area contributed by atoms with E-state index in [1.165, 1.54) is 7.11 Å². The van der Waals surface area contributed by atoms with E-state index in [4.69, 9.17) is 9.47 Å². The zero-order chi connectivity index (χ0) is 13.0. The molecule has 0 unspecified atom stereocenters. The van der Waals surface area contributed by atoms with Crippen molar-refractivity contribution in [3.8, 4) is 0 Å². The van der Waals surface area contributed by atoms with Crippen LogP contribution in [-0.2, 0) is 15.9 Å². The van der Waals surface area contributed by atoms with Crippen LogP contribution in [0.2, 0.25) is 0 Å². The van der Waals surface area contributed by atoms with E-state index in [1.807, 2.05) is 12.3 Å². The van der Waals surface area contributed by atoms with Crippen molar-refractivity contribution >= 4 is 11.6 Å². The fourth-order valence-electron chi connectivity index (χ4n) is 1.85. The Balaban J connectivity index is 2.29. The van der Waals surface area contributed by atoms with Gasteiger partial charge in [-0.15, -0.1) is 0 Å². The van der Waals surface area contributed by atoms with Crippen molar-refractivity contribution in [2.75, 3.05) is 20.8 Å². The summed E-state index contributed by atoms with van der Waals surface area (Å²) in [6, 6.07) is 5.39. The Bertz CT molecular complexity index is 548. The first kappa shape index (κ1) is 12.6. The molecule has 0 saturated carbocycles. The Morgan fingerprint density at radius 2 is 2.22 bits per heavy atom. The Hall–Kier alpha value is -1.88. The quantitative estimate of drug-likeness (QED) is 0.597. The molecule has 0 amide bonds. The fourth-order valence-corrected chi connectivity index (χ4v) is 1.85. The van der Waals surface area contributed by atoms with Gasteiger partial charge in [-0.2, -0.15) is 0 Å². The van der Waals surface area contributed by atoms with Gasteiger partial charge >= 0.3 is 5.97 Å². The van der Waals surface area contributed by atoms with Crippen molar-refractivity contribution in [1.82, 2.24) is 9.38 Å². The summed E-state index contributed by atoms with van der Waals surface area (Å²) in [4.78, 5) is 16.1. The molecule has 18 heavy (non-hydrogen) atoms. The molecular formula is C13H16N2O3. The molecule has 2 rings (SSSR count). The highest BCUT2D eigenvalue weighted by Gasteiger charge is 2.11. The number of ether oxygens (including phenoxy) is 2. The number of hydrogen-bond acceptors (Lipinski definition) is 4. The topological polar surface area (TPSA) is 52.8 Å². The molecule has 0 atom stereocenters. The molecule has 5 heteroatoms. The summed E-state index contributed by atoms with van der Waals surface area (Å²) in [6.45, 7) is 0.706. The standard InChI is InChI=1S/C13H16N2O3/c1-17-8-4-5-10-9-15-11(13(16)18-2)6-3-7-12(15)14-10/h3,6-7,9H,4-5,8H2,1-2H3. The van der Waals surface area contributed by atoms with E-state index in [0.717, 1.165) is 24.2 Å². The van der Waals surface area contributed by atoms with Crippen LogP contribution in [0.4, 0.5) is 0 Å². The summed E-state index contributed by atoms with van der Waals surface area (Å²) in [5.74, 6) is -0.360. The van der Waals surface area contributed by atoms with Gasteiger partial charge in [0.2, 0.25) is 0 Å². The number of nitrogens with zero attached hydrogens (tertiary/aromatic N) is 2. The lowest BCUT2D eigenvalue weighted by atomic mass is 10.2. The van der Waals surface area contributed by atoms with Gasteiger partial charge in [0.05, 0.1) is 12.8 Å². The van der Waals surface area contributed by atoms with Gasteiger partial charge in [-0.05, 0) is 25.0 Å². The smallest absolute Gasteiger partial charge is 0.355 e. The lowest BCUT2D eigenvalue weighted by molar-refractivity contribution is 0.0592. The SMILES string of the molecule is COCCCc1cn2c(C(=O)OC)cccc2n1. The molecule has 0 bridgehead atoms. The highest BCUT2D eigenvalue weighted by molar-refractivity contribution is 5.88. The van der Waals surface area contributed by atoms with Crippen LogP contribution in [0.3, 0.4) is 0 Å². The van der Waals surface area contributed by atoms with Crippen LogP contribution < -0.4 is 0 Å². The molecule has 96 valence electrons. The van der Waals surface area contributed by atoms with Gasteiger partial charge in [0.15, 0.2) is 0 Å². The van der Waals surface area contributed by atoms with E-state index >= 15 is 0 Å². The second-order valence-electron chi connectivity index (χ2n) is 3.96. The molecule has 2 heterocycles. The molecule has 0 N–H and O–H groups in total. The van der Waals surface area contributed by atoms with Gasteiger partial charge < -0.3 is 9.47 Å². The maximum absolute atomic E-state index is 11.6. The predicted octanol–water partition coefficient (Wildman–Crippen LogP) is 1.70. The lowest BCUT2D eigenvalue weighted by Gasteiger charge is -2.01. The first-order valence-corrected chi connectivity index (χ1v) is 5.80. The lowest BCUT2D eigenvalue weighted by Crippen LogP contribution is -2.06. The molecule has 0 fully saturated rings. The van der Waals surface area contributed by atoms with Crippen LogP contribution in [0.15, 0.2) is 24.4 Å². The number of hydrogen-bond donors (Lipinski definition) is 0. The van der Waals surface area contributed by atoms with Crippen molar-refractivity contribution in [2.24, 2.45) is 0 Å². The molecule has 0 spiro atoms. The molecule has 0 aliphatic heterocycles. The Morgan fingerprint density at radius 3 is 2.94 bits per heavy atom. The molecule has 2 aromatic heterocycles. The zero-order valence-electron chi connectivity index (χ0n) is 10.5. The number of aromatic nitrogens is 2. The van der Waals surface area contributed by atoms with Gasteiger partial charge in [0, 0.05) is 19.9 Å². The summed E-state index contributed by atoms with van der Waals surface area (Å²) in [5, 5.41) is 0. The molecule has 0 saturated heterocycles. The minimum absolute atomic E-state index is 0.360. The molecule has 5 nitrogen and oxygen atoms in total. The zero-order valence-corrected chi connectivity index (χ0v) is 10.5. The number of aryl methyl sites for hydroxylation is 1. The minimum atomic E-state index is -0.360. The van der Waals surface area contributed by atoms with Crippen LogP contribution in [0.1, 0.15) is 22.6 Å². The first-order valence-electron chi connectivity index (χ1n) is 5.80. The summed E-state index contributed by atoms with van der Waals surface area (Å²) in [5.41, 5.74) is 2.19. The normalized spacial score (nSPS) is 10.8. The van der Waals surface area contributed by atoms with Gasteiger partial charge in [-0.25, -0.2) is 9.78 Å². The number of methoxy groups -OCH3 is 2. The number of rotatable bonds is 5. The highest BCUT2D eigenvalue weighted by atomic mass is 16.5. The Kier molecular flexibility index (Phi) is 3.94.